The van der Waals surface area contributed by atoms with E-state index in [4.69, 9.17) is 4.74 Å². The van der Waals surface area contributed by atoms with Gasteiger partial charge >= 0.3 is 5.97 Å². The first-order valence-electron chi connectivity index (χ1n) is 13.1. The molecule has 0 aliphatic rings. The molecular weight excluding hydrogens is 438 g/mol. The molecule has 0 aliphatic carbocycles. The third kappa shape index (κ3) is 8.68. The van der Waals surface area contributed by atoms with Crippen molar-refractivity contribution in [3.63, 3.8) is 0 Å². The van der Waals surface area contributed by atoms with Gasteiger partial charge in [0.1, 0.15) is 11.8 Å². The zero-order valence-electron chi connectivity index (χ0n) is 23.1. The molecule has 3 N–H and O–H groups in total. The molecule has 0 radical (unpaired) electrons. The number of hydrogen-bond donors (Lipinski definition) is 3. The summed E-state index contributed by atoms with van der Waals surface area (Å²) in [6, 6.07) is 3.60. The second kappa shape index (κ2) is 12.6. The summed E-state index contributed by atoms with van der Waals surface area (Å²) in [5, 5.41) is 14.5. The molecule has 0 amide bonds. The van der Waals surface area contributed by atoms with Crippen LogP contribution in [0.1, 0.15) is 103 Å². The zero-order valence-corrected chi connectivity index (χ0v) is 23.1. The standard InChI is InChI=1S/C29H47N3O3/c1-9-11-12-20(10-2)18-35-27(34)25(15-22-17-30-19-32-22)31-16-21-13-23(28(3,4)5)26(33)24(14-21)29(6,7)8/h13-14,17,19-20,25,31,33H,9-12,15-16,18H2,1-8H3,(H,30,32)/t20?,25-/m0/s1. The van der Waals surface area contributed by atoms with Crippen LogP contribution < -0.4 is 5.32 Å². The normalized spacial score (nSPS) is 14.1. The maximum Gasteiger partial charge on any atom is 0.323 e. The minimum absolute atomic E-state index is 0.206. The van der Waals surface area contributed by atoms with Gasteiger partial charge in [0.05, 0.1) is 12.9 Å². The first kappa shape index (κ1) is 28.9. The Hall–Kier alpha value is -2.34. The van der Waals surface area contributed by atoms with Crippen LogP contribution in [0.5, 0.6) is 5.75 Å². The van der Waals surface area contributed by atoms with Crippen LogP contribution in [0, 0.1) is 5.92 Å². The Labute approximate surface area is 212 Å². The summed E-state index contributed by atoms with van der Waals surface area (Å²) in [6.07, 6.45) is 8.23. The number of nitrogens with one attached hydrogen (secondary N) is 2. The fourth-order valence-electron chi connectivity index (χ4n) is 4.23. The smallest absolute Gasteiger partial charge is 0.323 e. The van der Waals surface area contributed by atoms with Gasteiger partial charge in [0.25, 0.3) is 0 Å². The van der Waals surface area contributed by atoms with Crippen LogP contribution in [0.25, 0.3) is 0 Å². The van der Waals surface area contributed by atoms with Crippen molar-refractivity contribution in [1.29, 1.82) is 0 Å². The van der Waals surface area contributed by atoms with E-state index in [2.05, 4.69) is 70.7 Å². The van der Waals surface area contributed by atoms with Gasteiger partial charge in [-0.25, -0.2) is 4.98 Å². The molecule has 196 valence electrons. The number of unbranched alkanes of at least 4 members (excludes halogenated alkanes) is 1. The van der Waals surface area contributed by atoms with Crippen LogP contribution in [-0.4, -0.2) is 33.7 Å². The molecular formula is C29H47N3O3. The van der Waals surface area contributed by atoms with E-state index in [-0.39, 0.29) is 16.8 Å². The number of nitrogens with zero attached hydrogens (tertiary/aromatic N) is 1. The summed E-state index contributed by atoms with van der Waals surface area (Å²) in [5.74, 6) is 0.521. The molecule has 1 aromatic heterocycles. The van der Waals surface area contributed by atoms with Crippen molar-refractivity contribution in [2.24, 2.45) is 5.92 Å². The molecule has 1 aromatic carbocycles. The highest BCUT2D eigenvalue weighted by Crippen LogP contribution is 2.39. The number of esters is 1. The fourth-order valence-corrected chi connectivity index (χ4v) is 4.23. The van der Waals surface area contributed by atoms with Gasteiger partial charge in [0.15, 0.2) is 0 Å². The molecule has 0 spiro atoms. The molecule has 0 fully saturated rings. The van der Waals surface area contributed by atoms with Crippen LogP contribution in [0.3, 0.4) is 0 Å². The maximum absolute atomic E-state index is 13.1. The molecule has 0 saturated carbocycles. The molecule has 2 aromatic rings. The predicted molar refractivity (Wildman–Crippen MR) is 143 cm³/mol. The van der Waals surface area contributed by atoms with Gasteiger partial charge in [-0.15, -0.1) is 0 Å². The van der Waals surface area contributed by atoms with Gasteiger partial charge < -0.3 is 14.8 Å². The topological polar surface area (TPSA) is 87.2 Å². The number of benzene rings is 1. The van der Waals surface area contributed by atoms with Gasteiger partial charge in [-0.05, 0) is 39.9 Å². The number of H-pyrrole nitrogens is 1. The quantitative estimate of drug-likeness (QED) is 0.313. The van der Waals surface area contributed by atoms with Gasteiger partial charge in [0.2, 0.25) is 0 Å². The van der Waals surface area contributed by atoms with Gasteiger partial charge in [-0.3, -0.25) is 10.1 Å². The average Bonchev–Trinajstić information content (AvgIpc) is 3.29. The number of phenolic OH excluding ortho intramolecular Hbond substituents is 1. The van der Waals surface area contributed by atoms with Crippen molar-refractivity contribution in [1.82, 2.24) is 15.3 Å². The Kier molecular flexibility index (Phi) is 10.4. The van der Waals surface area contributed by atoms with E-state index in [1.165, 1.54) is 0 Å². The van der Waals surface area contributed by atoms with E-state index in [1.54, 1.807) is 12.5 Å². The molecule has 0 bridgehead atoms. The molecule has 35 heavy (non-hydrogen) atoms. The zero-order chi connectivity index (χ0) is 26.2. The highest BCUT2D eigenvalue weighted by molar-refractivity contribution is 5.76. The van der Waals surface area contributed by atoms with Gasteiger partial charge in [0, 0.05) is 24.9 Å². The van der Waals surface area contributed by atoms with Crippen LogP contribution in [0.15, 0.2) is 24.7 Å². The lowest BCUT2D eigenvalue weighted by atomic mass is 9.78. The fraction of sp³-hybridized carbons (Fsp3) is 0.655. The number of aromatic hydroxyl groups is 1. The minimum atomic E-state index is -0.496. The van der Waals surface area contributed by atoms with Crippen molar-refractivity contribution in [2.45, 2.75) is 111 Å². The largest absolute Gasteiger partial charge is 0.507 e. The number of rotatable bonds is 12. The summed E-state index contributed by atoms with van der Waals surface area (Å²) in [5.41, 5.74) is 3.33. The molecule has 2 atom stereocenters. The number of aromatic amines is 1. The van der Waals surface area contributed by atoms with Crippen LogP contribution in [0.2, 0.25) is 0 Å². The van der Waals surface area contributed by atoms with E-state index >= 15 is 0 Å². The lowest BCUT2D eigenvalue weighted by molar-refractivity contribution is -0.147. The van der Waals surface area contributed by atoms with Crippen molar-refractivity contribution in [3.8, 4) is 5.75 Å². The van der Waals surface area contributed by atoms with E-state index in [9.17, 15) is 9.90 Å². The Bertz CT molecular complexity index is 889. The van der Waals surface area contributed by atoms with E-state index in [1.807, 2.05) is 12.1 Å². The number of carbonyl (C=O) groups is 1. The maximum atomic E-state index is 13.1. The lowest BCUT2D eigenvalue weighted by Gasteiger charge is -2.28. The van der Waals surface area contributed by atoms with Crippen molar-refractivity contribution < 1.29 is 14.6 Å². The van der Waals surface area contributed by atoms with Crippen molar-refractivity contribution in [3.05, 3.63) is 47.0 Å². The molecule has 6 nitrogen and oxygen atoms in total. The van der Waals surface area contributed by atoms with Gasteiger partial charge in [-0.2, -0.15) is 0 Å². The summed E-state index contributed by atoms with van der Waals surface area (Å²) < 4.78 is 5.79. The first-order chi connectivity index (χ1) is 16.4. The summed E-state index contributed by atoms with van der Waals surface area (Å²) in [4.78, 5) is 20.3. The Balaban J connectivity index is 2.23. The number of carbonyl (C=O) groups excluding carboxylic acids is 1. The van der Waals surface area contributed by atoms with E-state index in [0.717, 1.165) is 48.1 Å². The first-order valence-corrected chi connectivity index (χ1v) is 13.1. The average molecular weight is 486 g/mol. The predicted octanol–water partition coefficient (Wildman–Crippen LogP) is 6.17. The van der Waals surface area contributed by atoms with E-state index < -0.39 is 6.04 Å². The second-order valence-electron chi connectivity index (χ2n) is 11.8. The van der Waals surface area contributed by atoms with Crippen molar-refractivity contribution >= 4 is 5.97 Å². The van der Waals surface area contributed by atoms with Crippen molar-refractivity contribution in [2.75, 3.05) is 6.61 Å². The lowest BCUT2D eigenvalue weighted by Crippen LogP contribution is -2.40. The number of aromatic nitrogens is 2. The van der Waals surface area contributed by atoms with Crippen LogP contribution in [0.4, 0.5) is 0 Å². The Morgan fingerprint density at radius 2 is 1.74 bits per heavy atom. The third-order valence-corrected chi connectivity index (χ3v) is 6.61. The number of hydrogen-bond acceptors (Lipinski definition) is 5. The molecule has 0 aliphatic heterocycles. The number of ether oxygens (including phenoxy) is 1. The Morgan fingerprint density at radius 3 is 2.23 bits per heavy atom. The molecule has 1 unspecified atom stereocenters. The third-order valence-electron chi connectivity index (χ3n) is 6.61. The van der Waals surface area contributed by atoms with E-state index in [0.29, 0.717) is 31.2 Å². The Morgan fingerprint density at radius 1 is 1.11 bits per heavy atom. The highest BCUT2D eigenvalue weighted by atomic mass is 16.5. The molecule has 2 rings (SSSR count). The number of phenols is 1. The minimum Gasteiger partial charge on any atom is -0.507 e. The summed E-state index contributed by atoms with van der Waals surface area (Å²) >= 11 is 0. The van der Waals surface area contributed by atoms with Crippen LogP contribution >= 0.6 is 0 Å². The highest BCUT2D eigenvalue weighted by Gasteiger charge is 2.27. The second-order valence-corrected chi connectivity index (χ2v) is 11.8. The molecule has 1 heterocycles. The monoisotopic (exact) mass is 485 g/mol. The molecule has 0 saturated heterocycles. The SMILES string of the molecule is CCCCC(CC)COC(=O)[C@H](Cc1cnc[nH]1)NCc1cc(C(C)(C)C)c(O)c(C(C)(C)C)c1. The molecule has 6 heteroatoms. The summed E-state index contributed by atoms with van der Waals surface area (Å²) in [6.45, 7) is 17.9. The number of imidazole rings is 1. The van der Waals surface area contributed by atoms with Gasteiger partial charge in [-0.1, -0.05) is 86.8 Å². The summed E-state index contributed by atoms with van der Waals surface area (Å²) in [7, 11) is 0. The van der Waals surface area contributed by atoms with Crippen LogP contribution in [-0.2, 0) is 33.3 Å².